The molecule has 1 saturated heterocycles. The maximum atomic E-state index is 5.14. The van der Waals surface area contributed by atoms with Gasteiger partial charge in [0.15, 0.2) is 0 Å². The van der Waals surface area contributed by atoms with E-state index in [4.69, 9.17) is 4.74 Å². The molecule has 0 bridgehead atoms. The summed E-state index contributed by atoms with van der Waals surface area (Å²) in [5.74, 6) is 6.21. The Morgan fingerprint density at radius 2 is 1.80 bits per heavy atom. The summed E-state index contributed by atoms with van der Waals surface area (Å²) in [6, 6.07) is 0. The summed E-state index contributed by atoms with van der Waals surface area (Å²) in [7, 11) is 0. The van der Waals surface area contributed by atoms with Crippen molar-refractivity contribution in [1.29, 1.82) is 0 Å². The van der Waals surface area contributed by atoms with Crippen LogP contribution in [0.2, 0.25) is 0 Å². The molecule has 1 fully saturated rings. The lowest BCUT2D eigenvalue weighted by molar-refractivity contribution is 0.403. The average Bonchev–Trinajstić information content (AvgIpc) is 2.40. The van der Waals surface area contributed by atoms with Crippen LogP contribution in [0.4, 0.5) is 0 Å². The average molecular weight is 138 g/mol. The van der Waals surface area contributed by atoms with Crippen LogP contribution in [0.3, 0.4) is 0 Å². The Balaban J connectivity index is 2.40. The highest BCUT2D eigenvalue weighted by Crippen LogP contribution is 2.20. The fourth-order valence-corrected chi connectivity index (χ4v) is 0.625. The van der Waals surface area contributed by atoms with E-state index in [1.807, 2.05) is 6.92 Å². The first kappa shape index (κ1) is 7.63. The highest BCUT2D eigenvalue weighted by atomic mass is 16.6. The van der Waals surface area contributed by atoms with Gasteiger partial charge in [-0.25, -0.2) is 0 Å². The van der Waals surface area contributed by atoms with Gasteiger partial charge in [0.25, 0.3) is 0 Å². The molecule has 1 heterocycles. The molecule has 1 heteroatoms. The Hall–Kier alpha value is -0.480. The Labute approximate surface area is 62.8 Å². The fourth-order valence-electron chi connectivity index (χ4n) is 0.625. The second-order valence-electron chi connectivity index (χ2n) is 3.78. The van der Waals surface area contributed by atoms with E-state index in [0.29, 0.717) is 6.10 Å². The van der Waals surface area contributed by atoms with Crippen molar-refractivity contribution >= 4 is 0 Å². The Kier molecular flexibility index (Phi) is 1.74. The zero-order valence-electron chi connectivity index (χ0n) is 7.06. The minimum absolute atomic E-state index is 0.117. The van der Waals surface area contributed by atoms with Crippen molar-refractivity contribution in [3.63, 3.8) is 0 Å². The lowest BCUT2D eigenvalue weighted by atomic mass is 9.98. The maximum absolute atomic E-state index is 5.14. The van der Waals surface area contributed by atoms with E-state index in [9.17, 15) is 0 Å². The van der Waals surface area contributed by atoms with Crippen molar-refractivity contribution in [2.45, 2.75) is 39.9 Å². The molecule has 1 rings (SSSR count). The van der Waals surface area contributed by atoms with E-state index in [0.717, 1.165) is 0 Å². The van der Waals surface area contributed by atoms with Gasteiger partial charge in [0.1, 0.15) is 6.10 Å². The van der Waals surface area contributed by atoms with Crippen LogP contribution < -0.4 is 0 Å². The maximum Gasteiger partial charge on any atom is 0.144 e. The first-order chi connectivity index (χ1) is 4.49. The zero-order valence-corrected chi connectivity index (χ0v) is 7.06. The minimum Gasteiger partial charge on any atom is -0.356 e. The molecule has 0 aliphatic carbocycles. The Morgan fingerprint density at radius 1 is 1.30 bits per heavy atom. The van der Waals surface area contributed by atoms with Gasteiger partial charge in [0.05, 0.1) is 6.10 Å². The minimum atomic E-state index is 0.117. The molecule has 0 unspecified atom stereocenters. The highest BCUT2D eigenvalue weighted by Gasteiger charge is 2.32. The molecule has 2 atom stereocenters. The van der Waals surface area contributed by atoms with Crippen LogP contribution in [0, 0.1) is 17.3 Å². The summed E-state index contributed by atoms with van der Waals surface area (Å²) in [5.41, 5.74) is 0.117. The first-order valence-electron chi connectivity index (χ1n) is 3.67. The van der Waals surface area contributed by atoms with Gasteiger partial charge in [-0.3, -0.25) is 0 Å². The van der Waals surface area contributed by atoms with Gasteiger partial charge < -0.3 is 4.74 Å². The van der Waals surface area contributed by atoms with Crippen LogP contribution in [0.25, 0.3) is 0 Å². The van der Waals surface area contributed by atoms with Gasteiger partial charge in [0.2, 0.25) is 0 Å². The molecule has 0 spiro atoms. The van der Waals surface area contributed by atoms with Crippen molar-refractivity contribution < 1.29 is 4.74 Å². The van der Waals surface area contributed by atoms with Crippen molar-refractivity contribution in [1.82, 2.24) is 0 Å². The van der Waals surface area contributed by atoms with Crippen molar-refractivity contribution in [3.8, 4) is 11.8 Å². The van der Waals surface area contributed by atoms with Crippen molar-refractivity contribution in [2.75, 3.05) is 0 Å². The number of rotatable bonds is 0. The molecule has 0 saturated carbocycles. The van der Waals surface area contributed by atoms with E-state index >= 15 is 0 Å². The molecule has 1 aliphatic rings. The van der Waals surface area contributed by atoms with Gasteiger partial charge >= 0.3 is 0 Å². The number of hydrogen-bond donors (Lipinski definition) is 0. The Morgan fingerprint density at radius 3 is 2.10 bits per heavy atom. The lowest BCUT2D eigenvalue weighted by Gasteiger charge is -2.06. The second kappa shape index (κ2) is 2.29. The van der Waals surface area contributed by atoms with Gasteiger partial charge in [-0.05, 0) is 27.7 Å². The molecule has 1 aliphatic heterocycles. The van der Waals surface area contributed by atoms with Crippen molar-refractivity contribution in [3.05, 3.63) is 0 Å². The van der Waals surface area contributed by atoms with Crippen LogP contribution in [0.5, 0.6) is 0 Å². The largest absolute Gasteiger partial charge is 0.356 e. The molecule has 0 amide bonds. The van der Waals surface area contributed by atoms with Gasteiger partial charge in [-0.15, -0.1) is 0 Å². The summed E-state index contributed by atoms with van der Waals surface area (Å²) < 4.78 is 5.14. The summed E-state index contributed by atoms with van der Waals surface area (Å²) in [6.07, 6.45) is 0.592. The summed E-state index contributed by atoms with van der Waals surface area (Å²) in [4.78, 5) is 0. The molecular formula is C9H14O. The summed E-state index contributed by atoms with van der Waals surface area (Å²) in [5, 5.41) is 0. The topological polar surface area (TPSA) is 12.5 Å². The molecular weight excluding hydrogens is 124 g/mol. The van der Waals surface area contributed by atoms with E-state index in [-0.39, 0.29) is 11.5 Å². The SMILES string of the molecule is C[C@H]1O[C@@H]1C#CC(C)(C)C. The van der Waals surface area contributed by atoms with E-state index in [2.05, 4.69) is 32.6 Å². The van der Waals surface area contributed by atoms with E-state index in [1.165, 1.54) is 0 Å². The first-order valence-corrected chi connectivity index (χ1v) is 3.67. The zero-order chi connectivity index (χ0) is 7.78. The molecule has 10 heavy (non-hydrogen) atoms. The van der Waals surface area contributed by atoms with Crippen LogP contribution in [0.1, 0.15) is 27.7 Å². The molecule has 56 valence electrons. The van der Waals surface area contributed by atoms with Crippen molar-refractivity contribution in [2.24, 2.45) is 5.41 Å². The van der Waals surface area contributed by atoms with Gasteiger partial charge in [0, 0.05) is 5.41 Å². The smallest absolute Gasteiger partial charge is 0.144 e. The third-order valence-electron chi connectivity index (χ3n) is 1.30. The standard InChI is InChI=1S/C9H14O/c1-7-8(10-7)5-6-9(2,3)4/h7-8H,1-4H3/t7-,8-/m1/s1. The second-order valence-corrected chi connectivity index (χ2v) is 3.78. The van der Waals surface area contributed by atoms with Gasteiger partial charge in [-0.2, -0.15) is 0 Å². The third kappa shape index (κ3) is 2.41. The molecule has 0 radical (unpaired) electrons. The molecule has 0 aromatic heterocycles. The van der Waals surface area contributed by atoms with E-state index < -0.39 is 0 Å². The number of hydrogen-bond acceptors (Lipinski definition) is 1. The summed E-state index contributed by atoms with van der Waals surface area (Å²) >= 11 is 0. The quantitative estimate of drug-likeness (QED) is 0.367. The predicted molar refractivity (Wildman–Crippen MR) is 41.6 cm³/mol. The van der Waals surface area contributed by atoms with Gasteiger partial charge in [-0.1, -0.05) is 11.8 Å². The number of ether oxygens (including phenoxy) is 1. The number of epoxide rings is 1. The Bertz CT molecular complexity index is 177. The fraction of sp³-hybridized carbons (Fsp3) is 0.778. The lowest BCUT2D eigenvalue weighted by Crippen LogP contribution is -2.00. The highest BCUT2D eigenvalue weighted by molar-refractivity contribution is 5.16. The van der Waals surface area contributed by atoms with Crippen LogP contribution in [-0.2, 0) is 4.74 Å². The predicted octanol–water partition coefficient (Wildman–Crippen LogP) is 1.82. The molecule has 1 nitrogen and oxygen atoms in total. The van der Waals surface area contributed by atoms with E-state index in [1.54, 1.807) is 0 Å². The monoisotopic (exact) mass is 138 g/mol. The molecule has 0 N–H and O–H groups in total. The van der Waals surface area contributed by atoms with Crippen LogP contribution >= 0.6 is 0 Å². The summed E-state index contributed by atoms with van der Waals surface area (Å²) in [6.45, 7) is 8.36. The normalized spacial score (nSPS) is 30.8. The van der Waals surface area contributed by atoms with Crippen LogP contribution in [-0.4, -0.2) is 12.2 Å². The van der Waals surface area contributed by atoms with Crippen LogP contribution in [0.15, 0.2) is 0 Å². The molecule has 0 aromatic carbocycles. The molecule has 0 aromatic rings. The third-order valence-corrected chi connectivity index (χ3v) is 1.30.